The van der Waals surface area contributed by atoms with E-state index in [2.05, 4.69) is 53.3 Å². The third-order valence-electron chi connectivity index (χ3n) is 3.69. The van der Waals surface area contributed by atoms with E-state index in [1.54, 1.807) is 18.6 Å². The van der Waals surface area contributed by atoms with Crippen LogP contribution in [0.4, 0.5) is 0 Å². The maximum atomic E-state index is 5.48. The monoisotopic (exact) mass is 355 g/mol. The minimum absolute atomic E-state index is 0. The van der Waals surface area contributed by atoms with Gasteiger partial charge in [0.1, 0.15) is 12.4 Å². The zero-order chi connectivity index (χ0) is 16.6. The highest BCUT2D eigenvalue weighted by molar-refractivity contribution is 5.85. The number of imidazole rings is 1. The third-order valence-corrected chi connectivity index (χ3v) is 3.69. The van der Waals surface area contributed by atoms with Crippen molar-refractivity contribution in [3.05, 3.63) is 91.0 Å². The SMILES string of the molecule is C=CCOc1ccc(CNCc2ccc(-n3ccnc3)cc2)cc1.Cl. The summed E-state index contributed by atoms with van der Waals surface area (Å²) in [6, 6.07) is 16.6. The van der Waals surface area contributed by atoms with E-state index in [1.807, 2.05) is 22.9 Å². The maximum Gasteiger partial charge on any atom is 0.119 e. The van der Waals surface area contributed by atoms with Gasteiger partial charge in [-0.2, -0.15) is 0 Å². The van der Waals surface area contributed by atoms with E-state index in [0.29, 0.717) is 6.61 Å². The molecule has 1 aromatic heterocycles. The Hall–Kier alpha value is -2.56. The van der Waals surface area contributed by atoms with Gasteiger partial charge in [-0.3, -0.25) is 0 Å². The summed E-state index contributed by atoms with van der Waals surface area (Å²) in [4.78, 5) is 4.06. The van der Waals surface area contributed by atoms with Gasteiger partial charge < -0.3 is 14.6 Å². The molecule has 0 aliphatic carbocycles. The molecule has 4 nitrogen and oxygen atoms in total. The number of benzene rings is 2. The number of nitrogens with zero attached hydrogens (tertiary/aromatic N) is 2. The van der Waals surface area contributed by atoms with Crippen molar-refractivity contribution in [2.45, 2.75) is 13.1 Å². The van der Waals surface area contributed by atoms with Crippen molar-refractivity contribution < 1.29 is 4.74 Å². The Labute approximate surface area is 154 Å². The van der Waals surface area contributed by atoms with E-state index in [1.165, 1.54) is 11.1 Å². The number of rotatable bonds is 8. The highest BCUT2D eigenvalue weighted by atomic mass is 35.5. The van der Waals surface area contributed by atoms with Gasteiger partial charge in [0.15, 0.2) is 0 Å². The number of hydrogen-bond acceptors (Lipinski definition) is 3. The molecule has 1 heterocycles. The fourth-order valence-electron chi connectivity index (χ4n) is 2.41. The lowest BCUT2D eigenvalue weighted by Gasteiger charge is -2.08. The van der Waals surface area contributed by atoms with E-state index in [0.717, 1.165) is 24.5 Å². The van der Waals surface area contributed by atoms with Crippen LogP contribution in [0.1, 0.15) is 11.1 Å². The van der Waals surface area contributed by atoms with Crippen molar-refractivity contribution in [3.63, 3.8) is 0 Å². The highest BCUT2D eigenvalue weighted by Crippen LogP contribution is 2.13. The molecule has 0 spiro atoms. The van der Waals surface area contributed by atoms with E-state index in [9.17, 15) is 0 Å². The standard InChI is InChI=1S/C20H21N3O.ClH/c1-2-13-24-20-9-5-18(6-10-20)15-22-14-17-3-7-19(8-4-17)23-12-11-21-16-23;/h2-12,16,22H,1,13-15H2;1H. The molecule has 3 aromatic rings. The molecule has 2 aromatic carbocycles. The van der Waals surface area contributed by atoms with Gasteiger partial charge >= 0.3 is 0 Å². The van der Waals surface area contributed by atoms with Crippen LogP contribution in [0.15, 0.2) is 79.9 Å². The number of halogens is 1. The van der Waals surface area contributed by atoms with Gasteiger partial charge in [0.25, 0.3) is 0 Å². The van der Waals surface area contributed by atoms with Crippen LogP contribution in [0.2, 0.25) is 0 Å². The summed E-state index contributed by atoms with van der Waals surface area (Å²) < 4.78 is 7.47. The molecular formula is C20H22ClN3O. The summed E-state index contributed by atoms with van der Waals surface area (Å²) in [6.45, 7) is 5.83. The lowest BCUT2D eigenvalue weighted by atomic mass is 10.2. The lowest BCUT2D eigenvalue weighted by Crippen LogP contribution is -2.12. The Kier molecular flexibility index (Phi) is 7.26. The summed E-state index contributed by atoms with van der Waals surface area (Å²) in [5.74, 6) is 0.869. The van der Waals surface area contributed by atoms with Gasteiger partial charge in [-0.05, 0) is 35.4 Å². The molecule has 0 amide bonds. The number of ether oxygens (including phenoxy) is 1. The average molecular weight is 356 g/mol. The fourth-order valence-corrected chi connectivity index (χ4v) is 2.41. The first-order chi connectivity index (χ1) is 11.8. The first kappa shape index (κ1) is 18.8. The molecular weight excluding hydrogens is 334 g/mol. The van der Waals surface area contributed by atoms with Crippen molar-refractivity contribution >= 4 is 12.4 Å². The second-order valence-electron chi connectivity index (χ2n) is 5.48. The van der Waals surface area contributed by atoms with Crippen LogP contribution in [0.3, 0.4) is 0 Å². The Morgan fingerprint density at radius 1 is 1.00 bits per heavy atom. The molecule has 0 aliphatic rings. The van der Waals surface area contributed by atoms with Crippen LogP contribution in [-0.4, -0.2) is 16.2 Å². The van der Waals surface area contributed by atoms with Crippen molar-refractivity contribution in [1.29, 1.82) is 0 Å². The predicted octanol–water partition coefficient (Wildman–Crippen LogP) is 4.15. The van der Waals surface area contributed by atoms with Crippen LogP contribution in [-0.2, 0) is 13.1 Å². The Balaban J connectivity index is 0.00000225. The van der Waals surface area contributed by atoms with Gasteiger partial charge in [0.2, 0.25) is 0 Å². The molecule has 0 saturated heterocycles. The largest absolute Gasteiger partial charge is 0.490 e. The zero-order valence-corrected chi connectivity index (χ0v) is 14.8. The average Bonchev–Trinajstić information content (AvgIpc) is 3.16. The molecule has 130 valence electrons. The van der Waals surface area contributed by atoms with Crippen LogP contribution in [0.25, 0.3) is 5.69 Å². The second kappa shape index (κ2) is 9.67. The Morgan fingerprint density at radius 3 is 2.20 bits per heavy atom. The second-order valence-corrected chi connectivity index (χ2v) is 5.48. The Bertz CT molecular complexity index is 753. The smallest absolute Gasteiger partial charge is 0.119 e. The molecule has 0 unspecified atom stereocenters. The van der Waals surface area contributed by atoms with Gasteiger partial charge in [-0.1, -0.05) is 36.9 Å². The molecule has 3 rings (SSSR count). The maximum absolute atomic E-state index is 5.48. The molecule has 0 aliphatic heterocycles. The predicted molar refractivity (Wildman–Crippen MR) is 103 cm³/mol. The summed E-state index contributed by atoms with van der Waals surface area (Å²) in [7, 11) is 0. The minimum Gasteiger partial charge on any atom is -0.490 e. The first-order valence-corrected chi connectivity index (χ1v) is 7.96. The summed E-state index contributed by atoms with van der Waals surface area (Å²) in [5, 5.41) is 3.46. The minimum atomic E-state index is 0. The number of hydrogen-bond donors (Lipinski definition) is 1. The lowest BCUT2D eigenvalue weighted by molar-refractivity contribution is 0.363. The summed E-state index contributed by atoms with van der Waals surface area (Å²) in [6.07, 6.45) is 7.27. The van der Waals surface area contributed by atoms with E-state index >= 15 is 0 Å². The molecule has 0 atom stereocenters. The van der Waals surface area contributed by atoms with Crippen molar-refractivity contribution in [1.82, 2.24) is 14.9 Å². The van der Waals surface area contributed by atoms with Crippen molar-refractivity contribution in [2.75, 3.05) is 6.61 Å². The molecule has 0 saturated carbocycles. The quantitative estimate of drug-likeness (QED) is 0.617. The molecule has 25 heavy (non-hydrogen) atoms. The molecule has 1 N–H and O–H groups in total. The van der Waals surface area contributed by atoms with E-state index < -0.39 is 0 Å². The molecule has 0 radical (unpaired) electrons. The van der Waals surface area contributed by atoms with E-state index in [-0.39, 0.29) is 12.4 Å². The third kappa shape index (κ3) is 5.48. The molecule has 0 fully saturated rings. The van der Waals surface area contributed by atoms with E-state index in [4.69, 9.17) is 4.74 Å². The normalized spacial score (nSPS) is 10.1. The van der Waals surface area contributed by atoms with Gasteiger partial charge in [-0.15, -0.1) is 12.4 Å². The van der Waals surface area contributed by atoms with Crippen molar-refractivity contribution in [3.8, 4) is 11.4 Å². The van der Waals surface area contributed by atoms with Crippen LogP contribution in [0.5, 0.6) is 5.75 Å². The van der Waals surface area contributed by atoms with Gasteiger partial charge in [-0.25, -0.2) is 4.98 Å². The number of aromatic nitrogens is 2. The first-order valence-electron chi connectivity index (χ1n) is 7.96. The van der Waals surface area contributed by atoms with Crippen LogP contribution in [0, 0.1) is 0 Å². The van der Waals surface area contributed by atoms with Crippen molar-refractivity contribution in [2.24, 2.45) is 0 Å². The van der Waals surface area contributed by atoms with Gasteiger partial charge in [0.05, 0.1) is 6.33 Å². The van der Waals surface area contributed by atoms with Crippen LogP contribution < -0.4 is 10.1 Å². The van der Waals surface area contributed by atoms with Gasteiger partial charge in [0, 0.05) is 31.2 Å². The summed E-state index contributed by atoms with van der Waals surface area (Å²) >= 11 is 0. The zero-order valence-electron chi connectivity index (χ0n) is 14.0. The highest BCUT2D eigenvalue weighted by Gasteiger charge is 1.98. The topological polar surface area (TPSA) is 39.1 Å². The number of nitrogens with one attached hydrogen (secondary N) is 1. The molecule has 0 bridgehead atoms. The summed E-state index contributed by atoms with van der Waals surface area (Å²) in [5.41, 5.74) is 3.60. The fraction of sp³-hybridized carbons (Fsp3) is 0.150. The van der Waals surface area contributed by atoms with Crippen LogP contribution >= 0.6 is 12.4 Å². The Morgan fingerprint density at radius 2 is 1.64 bits per heavy atom. The molecule has 5 heteroatoms.